The lowest BCUT2D eigenvalue weighted by atomic mass is 10.0. The van der Waals surface area contributed by atoms with Gasteiger partial charge in [-0.05, 0) is 23.6 Å². The second-order valence-corrected chi connectivity index (χ2v) is 4.26. The summed E-state index contributed by atoms with van der Waals surface area (Å²) in [5.41, 5.74) is 13.7. The summed E-state index contributed by atoms with van der Waals surface area (Å²) in [7, 11) is 0. The zero-order chi connectivity index (χ0) is 13.4. The highest BCUT2D eigenvalue weighted by atomic mass is 35.5. The van der Waals surface area contributed by atoms with Crippen molar-refractivity contribution in [3.63, 3.8) is 0 Å². The first kappa shape index (κ1) is 13.9. The highest BCUT2D eigenvalue weighted by Gasteiger charge is 2.08. The molecule has 1 aromatic carbocycles. The van der Waals surface area contributed by atoms with Crippen LogP contribution in [0, 0.1) is 0 Å². The summed E-state index contributed by atoms with van der Waals surface area (Å²) in [5.74, 6) is 0.715. The average Bonchev–Trinajstić information content (AvgIpc) is 2.38. The number of nitrogens with zero attached hydrogens (tertiary/aromatic N) is 1. The van der Waals surface area contributed by atoms with Crippen LogP contribution >= 0.6 is 12.4 Å². The van der Waals surface area contributed by atoms with Gasteiger partial charge >= 0.3 is 0 Å². The van der Waals surface area contributed by atoms with Crippen molar-refractivity contribution in [2.45, 2.75) is 0 Å². The first-order valence-corrected chi connectivity index (χ1v) is 5.79. The van der Waals surface area contributed by atoms with Crippen LogP contribution in [0.15, 0.2) is 47.3 Å². The minimum atomic E-state index is -0.151. The summed E-state index contributed by atoms with van der Waals surface area (Å²) >= 11 is 0. The predicted octanol–water partition coefficient (Wildman–Crippen LogP) is 2.18. The van der Waals surface area contributed by atoms with E-state index in [9.17, 15) is 4.79 Å². The zero-order valence-electron chi connectivity index (χ0n) is 10.5. The number of rotatable bonds is 1. The molecular weight excluding hydrogens is 276 g/mol. The van der Waals surface area contributed by atoms with Crippen LogP contribution in [0.4, 0.5) is 11.6 Å². The van der Waals surface area contributed by atoms with E-state index in [1.165, 1.54) is 6.07 Å². The molecule has 0 aliphatic heterocycles. The van der Waals surface area contributed by atoms with Crippen molar-refractivity contribution < 1.29 is 0 Å². The van der Waals surface area contributed by atoms with Crippen LogP contribution in [0.3, 0.4) is 0 Å². The molecule has 0 aliphatic carbocycles. The van der Waals surface area contributed by atoms with Gasteiger partial charge < -0.3 is 16.5 Å². The number of aromatic amines is 1. The minimum absolute atomic E-state index is 0. The van der Waals surface area contributed by atoms with Gasteiger partial charge in [0.05, 0.1) is 5.52 Å². The highest BCUT2D eigenvalue weighted by molar-refractivity contribution is 5.96. The maximum absolute atomic E-state index is 11.5. The third-order valence-electron chi connectivity index (χ3n) is 3.00. The van der Waals surface area contributed by atoms with Crippen molar-refractivity contribution in [1.82, 2.24) is 9.97 Å². The number of nitrogens with one attached hydrogen (secondary N) is 1. The molecule has 0 radical (unpaired) electrons. The van der Waals surface area contributed by atoms with Crippen LogP contribution < -0.4 is 17.0 Å². The lowest BCUT2D eigenvalue weighted by molar-refractivity contribution is 1.30. The number of anilines is 2. The van der Waals surface area contributed by atoms with Gasteiger partial charge in [0.2, 0.25) is 5.56 Å². The molecule has 0 atom stereocenters. The molecular formula is C14H13ClN4O. The number of benzene rings is 1. The van der Waals surface area contributed by atoms with Gasteiger partial charge in [-0.2, -0.15) is 0 Å². The van der Waals surface area contributed by atoms with Gasteiger partial charge in [-0.1, -0.05) is 18.2 Å². The molecule has 3 aromatic rings. The molecule has 102 valence electrons. The summed E-state index contributed by atoms with van der Waals surface area (Å²) < 4.78 is 0. The molecule has 2 heterocycles. The molecule has 5 N–H and O–H groups in total. The Labute approximate surface area is 121 Å². The Morgan fingerprint density at radius 1 is 0.950 bits per heavy atom. The first-order chi connectivity index (χ1) is 9.15. The third-order valence-corrected chi connectivity index (χ3v) is 3.00. The van der Waals surface area contributed by atoms with E-state index < -0.39 is 0 Å². The summed E-state index contributed by atoms with van der Waals surface area (Å²) in [6.45, 7) is 0. The second-order valence-electron chi connectivity index (χ2n) is 4.26. The van der Waals surface area contributed by atoms with Gasteiger partial charge in [0.15, 0.2) is 0 Å². The number of para-hydroxylation sites is 1. The van der Waals surface area contributed by atoms with Crippen LogP contribution in [0.5, 0.6) is 0 Å². The number of fused-ring (bicyclic) bond motifs is 1. The normalized spacial score (nSPS) is 10.2. The van der Waals surface area contributed by atoms with E-state index in [-0.39, 0.29) is 18.0 Å². The monoisotopic (exact) mass is 288 g/mol. The van der Waals surface area contributed by atoms with Gasteiger partial charge in [0.1, 0.15) is 11.6 Å². The highest BCUT2D eigenvalue weighted by Crippen LogP contribution is 2.30. The van der Waals surface area contributed by atoms with Crippen LogP contribution in [0.1, 0.15) is 0 Å². The number of pyridine rings is 2. The lowest BCUT2D eigenvalue weighted by Gasteiger charge is -2.09. The van der Waals surface area contributed by atoms with E-state index in [1.54, 1.807) is 18.2 Å². The van der Waals surface area contributed by atoms with Crippen molar-refractivity contribution in [2.75, 3.05) is 11.5 Å². The Morgan fingerprint density at radius 3 is 2.50 bits per heavy atom. The SMILES string of the molecule is Cl.Nc1ccc(-c2cccc3ccc(=O)[nH]c23)c(N)n1. The number of H-pyrrole nitrogens is 1. The molecule has 0 unspecified atom stereocenters. The molecule has 0 spiro atoms. The van der Waals surface area contributed by atoms with Crippen molar-refractivity contribution in [1.29, 1.82) is 0 Å². The Kier molecular flexibility index (Phi) is 3.63. The van der Waals surface area contributed by atoms with Gasteiger partial charge in [-0.3, -0.25) is 4.79 Å². The van der Waals surface area contributed by atoms with E-state index in [1.807, 2.05) is 18.2 Å². The van der Waals surface area contributed by atoms with Gasteiger partial charge in [0, 0.05) is 17.2 Å². The van der Waals surface area contributed by atoms with Crippen LogP contribution in [0.2, 0.25) is 0 Å². The van der Waals surface area contributed by atoms with Crippen molar-refractivity contribution in [3.8, 4) is 11.1 Å². The van der Waals surface area contributed by atoms with Crippen molar-refractivity contribution in [2.24, 2.45) is 0 Å². The smallest absolute Gasteiger partial charge is 0.248 e. The topological polar surface area (TPSA) is 97.8 Å². The standard InChI is InChI=1S/C14H12N4O.ClH/c15-11-6-5-10(14(16)17-11)9-3-1-2-8-4-7-12(19)18-13(8)9;/h1-7H,(H,18,19)(H4,15,16,17);1H. The number of hydrogen-bond donors (Lipinski definition) is 3. The van der Waals surface area contributed by atoms with Gasteiger partial charge in [-0.25, -0.2) is 4.98 Å². The Hall–Kier alpha value is -2.53. The minimum Gasteiger partial charge on any atom is -0.384 e. The van der Waals surface area contributed by atoms with E-state index in [0.717, 1.165) is 22.0 Å². The summed E-state index contributed by atoms with van der Waals surface area (Å²) in [5, 5.41) is 0.938. The van der Waals surface area contributed by atoms with Crippen molar-refractivity contribution in [3.05, 3.63) is 52.8 Å². The molecule has 0 saturated heterocycles. The Bertz CT molecular complexity index is 829. The molecule has 2 aromatic heterocycles. The molecule has 0 aliphatic rings. The van der Waals surface area contributed by atoms with Crippen LogP contribution in [0.25, 0.3) is 22.0 Å². The largest absolute Gasteiger partial charge is 0.384 e. The lowest BCUT2D eigenvalue weighted by Crippen LogP contribution is -2.04. The molecule has 20 heavy (non-hydrogen) atoms. The molecule has 5 nitrogen and oxygen atoms in total. The number of hydrogen-bond acceptors (Lipinski definition) is 4. The fourth-order valence-corrected chi connectivity index (χ4v) is 2.12. The fourth-order valence-electron chi connectivity index (χ4n) is 2.12. The Morgan fingerprint density at radius 2 is 1.75 bits per heavy atom. The number of halogens is 1. The average molecular weight is 289 g/mol. The quantitative estimate of drug-likeness (QED) is 0.639. The molecule has 0 fully saturated rings. The predicted molar refractivity (Wildman–Crippen MR) is 83.9 cm³/mol. The number of nitrogens with two attached hydrogens (primary N) is 2. The molecule has 3 rings (SSSR count). The Balaban J connectivity index is 0.00000147. The number of nitrogen functional groups attached to an aromatic ring is 2. The third kappa shape index (κ3) is 2.31. The second kappa shape index (κ2) is 5.22. The maximum Gasteiger partial charge on any atom is 0.248 e. The summed E-state index contributed by atoms with van der Waals surface area (Å²) in [4.78, 5) is 18.4. The first-order valence-electron chi connectivity index (χ1n) is 5.79. The van der Waals surface area contributed by atoms with Crippen LogP contribution in [-0.2, 0) is 0 Å². The van der Waals surface area contributed by atoms with Gasteiger partial charge in [0.25, 0.3) is 0 Å². The van der Waals surface area contributed by atoms with Crippen LogP contribution in [-0.4, -0.2) is 9.97 Å². The molecule has 0 amide bonds. The van der Waals surface area contributed by atoms with E-state index >= 15 is 0 Å². The van der Waals surface area contributed by atoms with Crippen molar-refractivity contribution >= 4 is 34.9 Å². The van der Waals surface area contributed by atoms with Gasteiger partial charge in [-0.15, -0.1) is 12.4 Å². The van der Waals surface area contributed by atoms with E-state index in [0.29, 0.717) is 11.6 Å². The number of aromatic nitrogens is 2. The maximum atomic E-state index is 11.5. The molecule has 0 bridgehead atoms. The summed E-state index contributed by atoms with van der Waals surface area (Å²) in [6.07, 6.45) is 0. The van der Waals surface area contributed by atoms with E-state index in [2.05, 4.69) is 9.97 Å². The zero-order valence-corrected chi connectivity index (χ0v) is 11.3. The van der Waals surface area contributed by atoms with E-state index in [4.69, 9.17) is 11.5 Å². The molecule has 0 saturated carbocycles. The summed E-state index contributed by atoms with van der Waals surface area (Å²) in [6, 6.07) is 12.5. The fraction of sp³-hybridized carbons (Fsp3) is 0. The molecule has 6 heteroatoms.